The third-order valence-electron chi connectivity index (χ3n) is 5.31. The van der Waals surface area contributed by atoms with Gasteiger partial charge in [0, 0.05) is 6.04 Å². The highest BCUT2D eigenvalue weighted by molar-refractivity contribution is 7.89. The molecule has 22 heavy (non-hydrogen) atoms. The van der Waals surface area contributed by atoms with Gasteiger partial charge in [0.05, 0.1) is 4.90 Å². The van der Waals surface area contributed by atoms with E-state index in [0.717, 1.165) is 53.9 Å². The van der Waals surface area contributed by atoms with E-state index in [2.05, 4.69) is 17.7 Å². The van der Waals surface area contributed by atoms with Gasteiger partial charge in [-0.3, -0.25) is 0 Å². The Morgan fingerprint density at radius 1 is 1.00 bits per heavy atom. The van der Waals surface area contributed by atoms with Gasteiger partial charge in [-0.05, 0) is 81.5 Å². The minimum Gasteiger partial charge on any atom is -0.208 e. The Kier molecular flexibility index (Phi) is 5.33. The summed E-state index contributed by atoms with van der Waals surface area (Å²) in [6.07, 6.45) is 5.39. The zero-order chi connectivity index (χ0) is 16.5. The number of nitrogens with one attached hydrogen (secondary N) is 1. The standard InChI is InChI=1S/C18H29NO2S/c1-6-16-7-9-17(10-8-16)19-22(20,21)18-14(4)12(2)11-13(3)15(18)5/h11,16-17,19H,6-10H2,1-5H3. The molecule has 0 spiro atoms. The summed E-state index contributed by atoms with van der Waals surface area (Å²) in [6.45, 7) is 9.99. The van der Waals surface area contributed by atoms with Crippen molar-refractivity contribution in [1.29, 1.82) is 0 Å². The fourth-order valence-electron chi connectivity index (χ4n) is 3.55. The van der Waals surface area contributed by atoms with Crippen LogP contribution >= 0.6 is 0 Å². The average Bonchev–Trinajstić information content (AvgIpc) is 2.45. The van der Waals surface area contributed by atoms with Gasteiger partial charge in [0.1, 0.15) is 0 Å². The van der Waals surface area contributed by atoms with Crippen molar-refractivity contribution in [3.8, 4) is 0 Å². The molecule has 1 aromatic carbocycles. The maximum absolute atomic E-state index is 12.9. The Morgan fingerprint density at radius 2 is 1.50 bits per heavy atom. The quantitative estimate of drug-likeness (QED) is 0.904. The number of rotatable bonds is 4. The summed E-state index contributed by atoms with van der Waals surface area (Å²) in [5.41, 5.74) is 3.83. The van der Waals surface area contributed by atoms with Crippen LogP contribution < -0.4 is 4.72 Å². The van der Waals surface area contributed by atoms with Crippen molar-refractivity contribution in [3.63, 3.8) is 0 Å². The number of benzene rings is 1. The molecule has 124 valence electrons. The molecule has 1 aliphatic rings. The summed E-state index contributed by atoms with van der Waals surface area (Å²) in [7, 11) is -3.44. The molecule has 1 aromatic rings. The van der Waals surface area contributed by atoms with Gasteiger partial charge in [0.15, 0.2) is 0 Å². The average molecular weight is 324 g/mol. The number of aryl methyl sites for hydroxylation is 2. The lowest BCUT2D eigenvalue weighted by Gasteiger charge is -2.29. The Bertz CT molecular complexity index is 615. The van der Waals surface area contributed by atoms with Crippen molar-refractivity contribution in [1.82, 2.24) is 4.72 Å². The highest BCUT2D eigenvalue weighted by atomic mass is 32.2. The fourth-order valence-corrected chi connectivity index (χ4v) is 5.47. The first-order valence-electron chi connectivity index (χ1n) is 8.36. The Labute approximate surface area is 135 Å². The molecule has 0 heterocycles. The normalized spacial score (nSPS) is 22.8. The fraction of sp³-hybridized carbons (Fsp3) is 0.667. The molecule has 1 N–H and O–H groups in total. The molecule has 0 amide bonds. The molecule has 0 unspecified atom stereocenters. The maximum atomic E-state index is 12.9. The summed E-state index contributed by atoms with van der Waals surface area (Å²) in [5.74, 6) is 0.769. The molecule has 1 fully saturated rings. The van der Waals surface area contributed by atoms with Crippen molar-refractivity contribution in [3.05, 3.63) is 28.3 Å². The van der Waals surface area contributed by atoms with E-state index in [1.54, 1.807) is 0 Å². The van der Waals surface area contributed by atoms with Crippen LogP contribution in [-0.2, 0) is 10.0 Å². The molecule has 0 atom stereocenters. The zero-order valence-corrected chi connectivity index (χ0v) is 15.3. The van der Waals surface area contributed by atoms with Gasteiger partial charge >= 0.3 is 0 Å². The molecule has 4 heteroatoms. The minimum absolute atomic E-state index is 0.0902. The third-order valence-corrected chi connectivity index (χ3v) is 7.11. The summed E-state index contributed by atoms with van der Waals surface area (Å²) >= 11 is 0. The lowest BCUT2D eigenvalue weighted by molar-refractivity contribution is 0.306. The largest absolute Gasteiger partial charge is 0.241 e. The summed E-state index contributed by atoms with van der Waals surface area (Å²) in [6, 6.07) is 2.16. The lowest BCUT2D eigenvalue weighted by atomic mass is 9.85. The summed E-state index contributed by atoms with van der Waals surface area (Å²) < 4.78 is 28.7. The first-order valence-corrected chi connectivity index (χ1v) is 9.84. The van der Waals surface area contributed by atoms with Crippen LogP contribution in [0.3, 0.4) is 0 Å². The molecule has 2 rings (SSSR count). The SMILES string of the molecule is CCC1CCC(NS(=O)(=O)c2c(C)c(C)cc(C)c2C)CC1. The van der Waals surface area contributed by atoms with Gasteiger partial charge < -0.3 is 0 Å². The molecule has 0 saturated heterocycles. The van der Waals surface area contributed by atoms with Crippen LogP contribution in [0.4, 0.5) is 0 Å². The predicted molar refractivity (Wildman–Crippen MR) is 91.7 cm³/mol. The van der Waals surface area contributed by atoms with Crippen molar-refractivity contribution < 1.29 is 8.42 Å². The Morgan fingerprint density at radius 3 is 1.95 bits per heavy atom. The summed E-state index contributed by atoms with van der Waals surface area (Å²) in [5, 5.41) is 0. The van der Waals surface area contributed by atoms with E-state index in [1.807, 2.05) is 27.7 Å². The van der Waals surface area contributed by atoms with Gasteiger partial charge in [-0.2, -0.15) is 0 Å². The second kappa shape index (κ2) is 6.71. The van der Waals surface area contributed by atoms with E-state index < -0.39 is 10.0 Å². The predicted octanol–water partition coefficient (Wildman–Crippen LogP) is 4.17. The van der Waals surface area contributed by atoms with Gasteiger partial charge in [-0.25, -0.2) is 13.1 Å². The Balaban J connectivity index is 2.25. The van der Waals surface area contributed by atoms with Crippen LogP contribution in [0.25, 0.3) is 0 Å². The topological polar surface area (TPSA) is 46.2 Å². The molecular weight excluding hydrogens is 294 g/mol. The maximum Gasteiger partial charge on any atom is 0.241 e. The van der Waals surface area contributed by atoms with Crippen molar-refractivity contribution in [2.75, 3.05) is 0 Å². The van der Waals surface area contributed by atoms with Crippen LogP contribution in [0, 0.1) is 33.6 Å². The number of hydrogen-bond acceptors (Lipinski definition) is 2. The van der Waals surface area contributed by atoms with Crippen molar-refractivity contribution in [2.45, 2.75) is 77.7 Å². The minimum atomic E-state index is -3.44. The van der Waals surface area contributed by atoms with Crippen LogP contribution in [-0.4, -0.2) is 14.5 Å². The number of sulfonamides is 1. The number of hydrogen-bond donors (Lipinski definition) is 1. The van der Waals surface area contributed by atoms with E-state index in [-0.39, 0.29) is 6.04 Å². The second-order valence-corrected chi connectivity index (χ2v) is 8.49. The van der Waals surface area contributed by atoms with E-state index in [4.69, 9.17) is 0 Å². The van der Waals surface area contributed by atoms with Crippen LogP contribution in [0.15, 0.2) is 11.0 Å². The molecule has 0 aliphatic heterocycles. The van der Waals surface area contributed by atoms with E-state index in [9.17, 15) is 8.42 Å². The van der Waals surface area contributed by atoms with Gasteiger partial charge in [-0.15, -0.1) is 0 Å². The highest BCUT2D eigenvalue weighted by Crippen LogP contribution is 2.30. The van der Waals surface area contributed by atoms with Gasteiger partial charge in [0.25, 0.3) is 0 Å². The van der Waals surface area contributed by atoms with Crippen LogP contribution in [0.1, 0.15) is 61.3 Å². The first kappa shape index (κ1) is 17.5. The first-order chi connectivity index (χ1) is 10.3. The van der Waals surface area contributed by atoms with E-state index in [0.29, 0.717) is 4.90 Å². The monoisotopic (exact) mass is 323 g/mol. The van der Waals surface area contributed by atoms with Gasteiger partial charge in [-0.1, -0.05) is 19.4 Å². The molecule has 1 saturated carbocycles. The van der Waals surface area contributed by atoms with Crippen molar-refractivity contribution >= 4 is 10.0 Å². The molecular formula is C18H29NO2S. The van der Waals surface area contributed by atoms with E-state index >= 15 is 0 Å². The zero-order valence-electron chi connectivity index (χ0n) is 14.5. The molecule has 1 aliphatic carbocycles. The lowest BCUT2D eigenvalue weighted by Crippen LogP contribution is -2.38. The highest BCUT2D eigenvalue weighted by Gasteiger charge is 2.27. The molecule has 3 nitrogen and oxygen atoms in total. The van der Waals surface area contributed by atoms with E-state index in [1.165, 1.54) is 6.42 Å². The van der Waals surface area contributed by atoms with Gasteiger partial charge in [0.2, 0.25) is 10.0 Å². The van der Waals surface area contributed by atoms with Crippen molar-refractivity contribution in [2.24, 2.45) is 5.92 Å². The smallest absolute Gasteiger partial charge is 0.208 e. The van der Waals surface area contributed by atoms with Crippen LogP contribution in [0.2, 0.25) is 0 Å². The second-order valence-electron chi connectivity index (χ2n) is 6.84. The van der Waals surface area contributed by atoms with Crippen LogP contribution in [0.5, 0.6) is 0 Å². The Hall–Kier alpha value is -0.870. The molecule has 0 bridgehead atoms. The molecule has 0 radical (unpaired) electrons. The summed E-state index contributed by atoms with van der Waals surface area (Å²) in [4.78, 5) is 0.489. The molecule has 0 aromatic heterocycles. The third kappa shape index (κ3) is 3.54.